The monoisotopic (exact) mass is 333 g/mol. The zero-order valence-corrected chi connectivity index (χ0v) is 12.9. The Morgan fingerprint density at radius 1 is 1.44 bits per heavy atom. The molecule has 0 bridgehead atoms. The smallest absolute Gasteiger partial charge is 0.0864 e. The van der Waals surface area contributed by atoms with Crippen LogP contribution in [0.4, 0.5) is 0 Å². The largest absolute Gasteiger partial charge is 0.394 e. The third-order valence-electron chi connectivity index (χ3n) is 2.39. The topological polar surface area (TPSA) is 52.5 Å². The molecule has 18 heavy (non-hydrogen) atoms. The third-order valence-corrected chi connectivity index (χ3v) is 4.53. The van der Waals surface area contributed by atoms with Crippen LogP contribution >= 0.6 is 27.7 Å². The SMILES string of the molecule is CCCNCc1ccc(SCC(O)CO)c(Br)c1. The second kappa shape index (κ2) is 8.93. The summed E-state index contributed by atoms with van der Waals surface area (Å²) in [6.07, 6.45) is 0.474. The number of thioether (sulfide) groups is 1. The molecular formula is C13H20BrNO2S. The van der Waals surface area contributed by atoms with Crippen molar-refractivity contribution in [2.45, 2.75) is 30.9 Å². The molecule has 0 amide bonds. The van der Waals surface area contributed by atoms with Crippen LogP contribution in [0.2, 0.25) is 0 Å². The highest BCUT2D eigenvalue weighted by molar-refractivity contribution is 9.10. The molecule has 102 valence electrons. The van der Waals surface area contributed by atoms with Crippen molar-refractivity contribution in [3.8, 4) is 0 Å². The fourth-order valence-electron chi connectivity index (χ4n) is 1.42. The highest BCUT2D eigenvalue weighted by Gasteiger charge is 2.06. The molecule has 0 aliphatic carbocycles. The van der Waals surface area contributed by atoms with Gasteiger partial charge in [-0.1, -0.05) is 13.0 Å². The van der Waals surface area contributed by atoms with Gasteiger partial charge in [-0.3, -0.25) is 0 Å². The lowest BCUT2D eigenvalue weighted by Gasteiger charge is -2.10. The summed E-state index contributed by atoms with van der Waals surface area (Å²) in [5.74, 6) is 0.503. The fourth-order valence-corrected chi connectivity index (χ4v) is 3.03. The Labute approximate surface area is 121 Å². The molecule has 0 saturated heterocycles. The maximum Gasteiger partial charge on any atom is 0.0864 e. The molecule has 0 fully saturated rings. The van der Waals surface area contributed by atoms with Crippen molar-refractivity contribution in [2.24, 2.45) is 0 Å². The predicted molar refractivity (Wildman–Crippen MR) is 80.0 cm³/mol. The maximum atomic E-state index is 9.31. The molecule has 0 saturated carbocycles. The average Bonchev–Trinajstić information content (AvgIpc) is 2.37. The van der Waals surface area contributed by atoms with Gasteiger partial charge in [0.2, 0.25) is 0 Å². The van der Waals surface area contributed by atoms with E-state index in [-0.39, 0.29) is 6.61 Å². The van der Waals surface area contributed by atoms with Gasteiger partial charge < -0.3 is 15.5 Å². The molecule has 0 aromatic heterocycles. The molecule has 0 heterocycles. The van der Waals surface area contributed by atoms with Crippen LogP contribution in [-0.4, -0.2) is 35.2 Å². The van der Waals surface area contributed by atoms with Crippen LogP contribution in [0.5, 0.6) is 0 Å². The molecule has 1 atom stereocenters. The second-order valence-electron chi connectivity index (χ2n) is 4.09. The molecule has 3 nitrogen and oxygen atoms in total. The minimum Gasteiger partial charge on any atom is -0.394 e. The van der Waals surface area contributed by atoms with Gasteiger partial charge in [0.25, 0.3) is 0 Å². The Balaban J connectivity index is 2.51. The van der Waals surface area contributed by atoms with Gasteiger partial charge >= 0.3 is 0 Å². The number of hydrogen-bond acceptors (Lipinski definition) is 4. The Kier molecular flexibility index (Phi) is 7.93. The van der Waals surface area contributed by atoms with Gasteiger partial charge in [0, 0.05) is 21.7 Å². The summed E-state index contributed by atoms with van der Waals surface area (Å²) < 4.78 is 1.04. The highest BCUT2D eigenvalue weighted by Crippen LogP contribution is 2.28. The van der Waals surface area contributed by atoms with Crippen LogP contribution in [0.3, 0.4) is 0 Å². The molecule has 3 N–H and O–H groups in total. The first-order valence-corrected chi connectivity index (χ1v) is 7.86. The van der Waals surface area contributed by atoms with Crippen molar-refractivity contribution in [2.75, 3.05) is 18.9 Å². The maximum absolute atomic E-state index is 9.31. The van der Waals surface area contributed by atoms with Crippen LogP contribution in [0, 0.1) is 0 Å². The van der Waals surface area contributed by atoms with Crippen molar-refractivity contribution >= 4 is 27.7 Å². The highest BCUT2D eigenvalue weighted by atomic mass is 79.9. The van der Waals surface area contributed by atoms with Crippen LogP contribution in [0.25, 0.3) is 0 Å². The second-order valence-corrected chi connectivity index (χ2v) is 6.01. The molecular weight excluding hydrogens is 314 g/mol. The lowest BCUT2D eigenvalue weighted by atomic mass is 10.2. The molecule has 1 aromatic carbocycles. The lowest BCUT2D eigenvalue weighted by Crippen LogP contribution is -2.14. The minimum atomic E-state index is -0.659. The first kappa shape index (κ1) is 16.0. The lowest BCUT2D eigenvalue weighted by molar-refractivity contribution is 0.113. The van der Waals surface area contributed by atoms with Gasteiger partial charge in [-0.15, -0.1) is 11.8 Å². The summed E-state index contributed by atoms with van der Waals surface area (Å²) in [7, 11) is 0. The molecule has 0 aliphatic rings. The van der Waals surface area contributed by atoms with E-state index in [9.17, 15) is 5.11 Å². The third kappa shape index (κ3) is 5.71. The number of aliphatic hydroxyl groups is 2. The van der Waals surface area contributed by atoms with Crippen molar-refractivity contribution in [3.05, 3.63) is 28.2 Å². The number of aliphatic hydroxyl groups excluding tert-OH is 2. The minimum absolute atomic E-state index is 0.191. The van der Waals surface area contributed by atoms with E-state index < -0.39 is 6.10 Å². The first-order valence-electron chi connectivity index (χ1n) is 6.08. The van der Waals surface area contributed by atoms with E-state index in [0.29, 0.717) is 5.75 Å². The Hall–Kier alpha value is -0.0700. The zero-order valence-electron chi connectivity index (χ0n) is 10.5. The summed E-state index contributed by atoms with van der Waals surface area (Å²) in [4.78, 5) is 1.08. The Morgan fingerprint density at radius 2 is 2.22 bits per heavy atom. The van der Waals surface area contributed by atoms with Gasteiger partial charge in [-0.2, -0.15) is 0 Å². The average molecular weight is 334 g/mol. The van der Waals surface area contributed by atoms with Gasteiger partial charge in [0.15, 0.2) is 0 Å². The molecule has 1 rings (SSSR count). The molecule has 1 aromatic rings. The van der Waals surface area contributed by atoms with Crippen molar-refractivity contribution < 1.29 is 10.2 Å². The fraction of sp³-hybridized carbons (Fsp3) is 0.538. The van der Waals surface area contributed by atoms with Crippen molar-refractivity contribution in [1.82, 2.24) is 5.32 Å². The summed E-state index contributed by atoms with van der Waals surface area (Å²) >= 11 is 5.07. The molecule has 0 aliphatic heterocycles. The van der Waals surface area contributed by atoms with E-state index in [4.69, 9.17) is 5.11 Å². The van der Waals surface area contributed by atoms with Gasteiger partial charge in [-0.05, 0) is 46.6 Å². The molecule has 1 unspecified atom stereocenters. The normalized spacial score (nSPS) is 12.7. The van der Waals surface area contributed by atoms with Crippen LogP contribution in [0.15, 0.2) is 27.6 Å². The molecule has 0 radical (unpaired) electrons. The standard InChI is InChI=1S/C13H20BrNO2S/c1-2-5-15-7-10-3-4-13(12(14)6-10)18-9-11(17)8-16/h3-4,6,11,15-17H,2,5,7-9H2,1H3. The number of rotatable bonds is 8. The summed E-state index contributed by atoms with van der Waals surface area (Å²) in [5, 5.41) is 21.4. The van der Waals surface area contributed by atoms with Gasteiger partial charge in [-0.25, -0.2) is 0 Å². The van der Waals surface area contributed by atoms with E-state index in [0.717, 1.165) is 28.9 Å². The van der Waals surface area contributed by atoms with E-state index >= 15 is 0 Å². The van der Waals surface area contributed by atoms with E-state index in [1.54, 1.807) is 0 Å². The van der Waals surface area contributed by atoms with Crippen LogP contribution in [-0.2, 0) is 6.54 Å². The van der Waals surface area contributed by atoms with E-state index in [1.165, 1.54) is 17.3 Å². The van der Waals surface area contributed by atoms with Gasteiger partial charge in [0.05, 0.1) is 12.7 Å². The summed E-state index contributed by atoms with van der Waals surface area (Å²) in [6.45, 7) is 3.85. The molecule has 0 spiro atoms. The van der Waals surface area contributed by atoms with Crippen molar-refractivity contribution in [3.63, 3.8) is 0 Å². The van der Waals surface area contributed by atoms with E-state index in [1.807, 2.05) is 6.07 Å². The number of benzene rings is 1. The Bertz CT molecular complexity index is 363. The molecule has 5 heteroatoms. The first-order chi connectivity index (χ1) is 8.67. The summed E-state index contributed by atoms with van der Waals surface area (Å²) in [5.41, 5.74) is 1.24. The van der Waals surface area contributed by atoms with Crippen molar-refractivity contribution in [1.29, 1.82) is 0 Å². The summed E-state index contributed by atoms with van der Waals surface area (Å²) in [6, 6.07) is 6.22. The van der Waals surface area contributed by atoms with Crippen LogP contribution in [0.1, 0.15) is 18.9 Å². The van der Waals surface area contributed by atoms with E-state index in [2.05, 4.69) is 40.3 Å². The number of hydrogen-bond donors (Lipinski definition) is 3. The Morgan fingerprint density at radius 3 is 2.83 bits per heavy atom. The predicted octanol–water partition coefficient (Wildman–Crippen LogP) is 2.39. The van der Waals surface area contributed by atoms with Crippen LogP contribution < -0.4 is 5.32 Å². The quantitative estimate of drug-likeness (QED) is 0.505. The number of halogens is 1. The zero-order chi connectivity index (χ0) is 13.4. The van der Waals surface area contributed by atoms with Gasteiger partial charge in [0.1, 0.15) is 0 Å². The number of nitrogens with one attached hydrogen (secondary N) is 1.